The smallest absolute Gasteiger partial charge is 0.311 e. The maximum absolute atomic E-state index is 12.2. The van der Waals surface area contributed by atoms with Crippen molar-refractivity contribution in [3.8, 4) is 6.07 Å². The minimum absolute atomic E-state index is 0.151. The third-order valence-electron chi connectivity index (χ3n) is 5.39. The maximum atomic E-state index is 12.2. The Hall–Kier alpha value is -2.16. The van der Waals surface area contributed by atoms with E-state index in [0.29, 0.717) is 17.9 Å². The Morgan fingerprint density at radius 2 is 2.08 bits per heavy atom. The lowest BCUT2D eigenvalue weighted by atomic mass is 9.74. The SMILES string of the molecule is CCc1nnc(N2CCCC(C(C)(C)C(=O)OC)C2)c(C#N)c1CC. The average Bonchev–Trinajstić information content (AvgIpc) is 2.65. The first kappa shape index (κ1) is 19.2. The quantitative estimate of drug-likeness (QED) is 0.764. The fourth-order valence-corrected chi connectivity index (χ4v) is 3.69. The largest absolute Gasteiger partial charge is 0.469 e. The fraction of sp³-hybridized carbons (Fsp3) is 0.684. The zero-order valence-electron chi connectivity index (χ0n) is 15.9. The molecule has 1 fully saturated rings. The minimum atomic E-state index is -0.565. The van der Waals surface area contributed by atoms with Gasteiger partial charge in [0.2, 0.25) is 0 Å². The van der Waals surface area contributed by atoms with E-state index in [2.05, 4.69) is 21.2 Å². The minimum Gasteiger partial charge on any atom is -0.469 e. The number of esters is 1. The van der Waals surface area contributed by atoms with Crippen LogP contribution in [0.3, 0.4) is 0 Å². The molecule has 0 aliphatic carbocycles. The number of aryl methyl sites for hydroxylation is 1. The van der Waals surface area contributed by atoms with E-state index in [-0.39, 0.29) is 11.9 Å². The van der Waals surface area contributed by atoms with Crippen molar-refractivity contribution in [3.63, 3.8) is 0 Å². The molecule has 2 heterocycles. The second-order valence-electron chi connectivity index (χ2n) is 7.14. The Kier molecular flexibility index (Phi) is 5.99. The van der Waals surface area contributed by atoms with Crippen LogP contribution in [0.15, 0.2) is 0 Å². The first-order valence-electron chi connectivity index (χ1n) is 9.02. The topological polar surface area (TPSA) is 79.1 Å². The molecular weight excluding hydrogens is 316 g/mol. The average molecular weight is 344 g/mol. The summed E-state index contributed by atoms with van der Waals surface area (Å²) in [6.07, 6.45) is 3.44. The normalized spacial score (nSPS) is 17.9. The van der Waals surface area contributed by atoms with E-state index in [4.69, 9.17) is 4.74 Å². The van der Waals surface area contributed by atoms with Crippen LogP contribution in [-0.2, 0) is 22.4 Å². The molecule has 1 aliphatic rings. The molecule has 1 saturated heterocycles. The summed E-state index contributed by atoms with van der Waals surface area (Å²) in [4.78, 5) is 14.3. The second-order valence-corrected chi connectivity index (χ2v) is 7.14. The standard InChI is InChI=1S/C19H28N4O2/c1-6-14-15(11-20)17(22-21-16(14)7-2)23-10-8-9-13(12-23)19(3,4)18(24)25-5/h13H,6-10,12H2,1-5H3. The number of carbonyl (C=O) groups is 1. The number of nitriles is 1. The van der Waals surface area contributed by atoms with Gasteiger partial charge in [0.1, 0.15) is 11.6 Å². The first-order chi connectivity index (χ1) is 11.9. The summed E-state index contributed by atoms with van der Waals surface area (Å²) < 4.78 is 4.98. The van der Waals surface area contributed by atoms with Crippen molar-refractivity contribution < 1.29 is 9.53 Å². The van der Waals surface area contributed by atoms with Gasteiger partial charge in [-0.3, -0.25) is 4.79 Å². The molecule has 6 heteroatoms. The van der Waals surface area contributed by atoms with Crippen molar-refractivity contribution in [1.82, 2.24) is 10.2 Å². The molecule has 0 radical (unpaired) electrons. The molecule has 0 N–H and O–H groups in total. The van der Waals surface area contributed by atoms with Gasteiger partial charge in [0.05, 0.1) is 18.2 Å². The number of aromatic nitrogens is 2. The Morgan fingerprint density at radius 3 is 2.64 bits per heavy atom. The highest BCUT2D eigenvalue weighted by Gasteiger charge is 2.40. The van der Waals surface area contributed by atoms with Gasteiger partial charge < -0.3 is 9.64 Å². The molecule has 136 valence electrons. The fourth-order valence-electron chi connectivity index (χ4n) is 3.69. The summed E-state index contributed by atoms with van der Waals surface area (Å²) in [6, 6.07) is 2.34. The summed E-state index contributed by atoms with van der Waals surface area (Å²) in [5.74, 6) is 0.612. The molecule has 0 saturated carbocycles. The molecular formula is C19H28N4O2. The van der Waals surface area contributed by atoms with Gasteiger partial charge in [-0.2, -0.15) is 10.4 Å². The summed E-state index contributed by atoms with van der Waals surface area (Å²) in [7, 11) is 1.43. The van der Waals surface area contributed by atoms with E-state index >= 15 is 0 Å². The van der Waals surface area contributed by atoms with Gasteiger partial charge in [-0.1, -0.05) is 13.8 Å². The summed E-state index contributed by atoms with van der Waals surface area (Å²) in [6.45, 7) is 9.44. The van der Waals surface area contributed by atoms with Crippen molar-refractivity contribution >= 4 is 11.8 Å². The number of carbonyl (C=O) groups excluding carboxylic acids is 1. The Labute approximate surface area is 150 Å². The molecule has 0 aromatic carbocycles. The number of hydrogen-bond donors (Lipinski definition) is 0. The van der Waals surface area contributed by atoms with Crippen LogP contribution in [0.25, 0.3) is 0 Å². The number of anilines is 1. The van der Waals surface area contributed by atoms with Crippen LogP contribution < -0.4 is 4.90 Å². The van der Waals surface area contributed by atoms with Crippen molar-refractivity contribution in [1.29, 1.82) is 5.26 Å². The second kappa shape index (κ2) is 7.81. The highest BCUT2D eigenvalue weighted by Crippen LogP contribution is 2.37. The summed E-state index contributed by atoms with van der Waals surface area (Å²) >= 11 is 0. The van der Waals surface area contributed by atoms with Crippen molar-refractivity contribution in [3.05, 3.63) is 16.8 Å². The summed E-state index contributed by atoms with van der Waals surface area (Å²) in [5.41, 5.74) is 1.95. The van der Waals surface area contributed by atoms with Crippen LogP contribution in [-0.4, -0.2) is 36.4 Å². The lowest BCUT2D eigenvalue weighted by Gasteiger charge is -2.40. The molecule has 1 aromatic rings. The third kappa shape index (κ3) is 3.60. The Bertz CT molecular complexity index is 679. The van der Waals surface area contributed by atoms with E-state index in [0.717, 1.165) is 43.5 Å². The van der Waals surface area contributed by atoms with Gasteiger partial charge in [0.25, 0.3) is 0 Å². The Morgan fingerprint density at radius 1 is 1.36 bits per heavy atom. The highest BCUT2D eigenvalue weighted by molar-refractivity contribution is 5.76. The molecule has 1 atom stereocenters. The van der Waals surface area contributed by atoms with E-state index in [9.17, 15) is 10.1 Å². The summed E-state index contributed by atoms with van der Waals surface area (Å²) in [5, 5.41) is 18.4. The number of ether oxygens (including phenoxy) is 1. The molecule has 0 bridgehead atoms. The van der Waals surface area contributed by atoms with Crippen LogP contribution in [0.2, 0.25) is 0 Å². The van der Waals surface area contributed by atoms with Crippen LogP contribution in [0.5, 0.6) is 0 Å². The van der Waals surface area contributed by atoms with Crippen molar-refractivity contribution in [2.75, 3.05) is 25.1 Å². The van der Waals surface area contributed by atoms with E-state index < -0.39 is 5.41 Å². The molecule has 1 aromatic heterocycles. The lowest BCUT2D eigenvalue weighted by molar-refractivity contribution is -0.154. The van der Waals surface area contributed by atoms with Gasteiger partial charge in [-0.15, -0.1) is 5.10 Å². The maximum Gasteiger partial charge on any atom is 0.311 e. The van der Waals surface area contributed by atoms with Crippen LogP contribution in [0.4, 0.5) is 5.82 Å². The number of rotatable bonds is 5. The van der Waals surface area contributed by atoms with Gasteiger partial charge in [0.15, 0.2) is 5.82 Å². The molecule has 1 unspecified atom stereocenters. The molecule has 0 spiro atoms. The molecule has 25 heavy (non-hydrogen) atoms. The van der Waals surface area contributed by atoms with E-state index in [1.807, 2.05) is 27.7 Å². The zero-order chi connectivity index (χ0) is 18.6. The van der Waals surface area contributed by atoms with Gasteiger partial charge in [-0.25, -0.2) is 0 Å². The molecule has 2 rings (SSSR count). The third-order valence-corrected chi connectivity index (χ3v) is 5.39. The number of piperidine rings is 1. The number of nitrogens with zero attached hydrogens (tertiary/aromatic N) is 4. The lowest BCUT2D eigenvalue weighted by Crippen LogP contribution is -2.45. The van der Waals surface area contributed by atoms with Crippen LogP contribution in [0.1, 0.15) is 57.4 Å². The molecule has 6 nitrogen and oxygen atoms in total. The van der Waals surface area contributed by atoms with Gasteiger partial charge in [-0.05, 0) is 51.0 Å². The van der Waals surface area contributed by atoms with Crippen molar-refractivity contribution in [2.24, 2.45) is 11.3 Å². The number of hydrogen-bond acceptors (Lipinski definition) is 6. The predicted octanol–water partition coefficient (Wildman–Crippen LogP) is 2.89. The van der Waals surface area contributed by atoms with Crippen LogP contribution in [0, 0.1) is 22.7 Å². The van der Waals surface area contributed by atoms with Gasteiger partial charge >= 0.3 is 5.97 Å². The van der Waals surface area contributed by atoms with Gasteiger partial charge in [0, 0.05) is 13.1 Å². The molecule has 1 aliphatic heterocycles. The highest BCUT2D eigenvalue weighted by atomic mass is 16.5. The molecule has 0 amide bonds. The predicted molar refractivity (Wildman–Crippen MR) is 96.2 cm³/mol. The number of methoxy groups -OCH3 is 1. The van der Waals surface area contributed by atoms with E-state index in [1.54, 1.807) is 0 Å². The monoisotopic (exact) mass is 344 g/mol. The Balaban J connectivity index is 2.36. The zero-order valence-corrected chi connectivity index (χ0v) is 15.9. The van der Waals surface area contributed by atoms with Crippen molar-refractivity contribution in [2.45, 2.75) is 53.4 Å². The first-order valence-corrected chi connectivity index (χ1v) is 9.02. The van der Waals surface area contributed by atoms with Crippen LogP contribution >= 0.6 is 0 Å². The van der Waals surface area contributed by atoms with E-state index in [1.165, 1.54) is 7.11 Å².